The van der Waals surface area contributed by atoms with E-state index in [2.05, 4.69) is 152 Å². The van der Waals surface area contributed by atoms with Crippen LogP contribution in [0, 0.1) is 0 Å². The van der Waals surface area contributed by atoms with Crippen molar-refractivity contribution in [1.82, 2.24) is 0 Å². The van der Waals surface area contributed by atoms with Crippen molar-refractivity contribution in [2.45, 2.75) is 98.1 Å². The SMILES string of the molecule is CC(C)(C)c1ccc2c(c1)B1c3cc(C(C)(C)C)ccc3N3c4ccc(C(C)(C)C)cc4B4c5ccccc5Sc5cc(c1c3c54)S2. The maximum absolute atomic E-state index is 2.67. The Morgan fingerprint density at radius 2 is 0.894 bits per heavy atom. The first kappa shape index (κ1) is 29.8. The second-order valence-corrected chi connectivity index (χ2v) is 19.2. The number of fused-ring (bicyclic) bond motifs is 10. The van der Waals surface area contributed by atoms with Crippen LogP contribution in [-0.4, -0.2) is 13.4 Å². The van der Waals surface area contributed by atoms with E-state index in [1.54, 1.807) is 0 Å². The lowest BCUT2D eigenvalue weighted by molar-refractivity contribution is 0.590. The van der Waals surface area contributed by atoms with Crippen LogP contribution in [0.25, 0.3) is 0 Å². The molecule has 0 saturated heterocycles. The Kier molecular flexibility index (Phi) is 6.14. The summed E-state index contributed by atoms with van der Waals surface area (Å²) in [5.74, 6) is 0. The van der Waals surface area contributed by atoms with Crippen molar-refractivity contribution in [2.75, 3.05) is 4.90 Å². The van der Waals surface area contributed by atoms with Crippen LogP contribution in [0.4, 0.5) is 17.1 Å². The van der Waals surface area contributed by atoms with Gasteiger partial charge in [-0.3, -0.25) is 0 Å². The fourth-order valence-electron chi connectivity index (χ4n) is 8.24. The number of anilines is 3. The van der Waals surface area contributed by atoms with Gasteiger partial charge < -0.3 is 4.90 Å². The molecule has 0 amide bonds. The van der Waals surface area contributed by atoms with E-state index in [9.17, 15) is 0 Å². The maximum Gasteiger partial charge on any atom is 0.249 e. The summed E-state index contributed by atoms with van der Waals surface area (Å²) in [5.41, 5.74) is 17.3. The standard InChI is InChI=1S/C42H41B2NS2/c1-40(2,3)24-14-17-31-28(20-24)43-27-12-10-11-13-33(27)46-35-23-36-38-39(37(35)43)45(31)32-18-15-25(41(4,5)6)21-29(32)44(38)30-22-26(42(7,8)9)16-19-34(30)47-36/h10-23H,1-9H3. The molecule has 0 fully saturated rings. The van der Waals surface area contributed by atoms with Gasteiger partial charge in [0.1, 0.15) is 0 Å². The number of hydrogen-bond acceptors (Lipinski definition) is 3. The van der Waals surface area contributed by atoms with Gasteiger partial charge in [-0.1, -0.05) is 151 Å². The molecule has 47 heavy (non-hydrogen) atoms. The molecule has 4 heterocycles. The van der Waals surface area contributed by atoms with E-state index in [0.29, 0.717) is 0 Å². The Balaban J connectivity index is 1.41. The summed E-state index contributed by atoms with van der Waals surface area (Å²) in [6.45, 7) is 21.5. The zero-order chi connectivity index (χ0) is 32.8. The summed E-state index contributed by atoms with van der Waals surface area (Å²) in [6, 6.07) is 33.8. The Hall–Kier alpha value is -3.27. The zero-order valence-corrected chi connectivity index (χ0v) is 30.6. The van der Waals surface area contributed by atoms with Crippen molar-refractivity contribution in [3.63, 3.8) is 0 Å². The highest BCUT2D eigenvalue weighted by Crippen LogP contribution is 2.47. The molecule has 5 heteroatoms. The Labute approximate surface area is 290 Å². The first-order valence-electron chi connectivity index (χ1n) is 17.1. The van der Waals surface area contributed by atoms with Crippen LogP contribution in [0.5, 0.6) is 0 Å². The third kappa shape index (κ3) is 4.28. The summed E-state index contributed by atoms with van der Waals surface area (Å²) in [5, 5.41) is 0. The van der Waals surface area contributed by atoms with Crippen LogP contribution < -0.4 is 37.7 Å². The molecule has 0 saturated carbocycles. The van der Waals surface area contributed by atoms with Gasteiger partial charge >= 0.3 is 0 Å². The van der Waals surface area contributed by atoms with E-state index < -0.39 is 0 Å². The van der Waals surface area contributed by atoms with E-state index in [1.807, 2.05) is 23.5 Å². The van der Waals surface area contributed by atoms with Crippen LogP contribution in [0.1, 0.15) is 79.0 Å². The van der Waals surface area contributed by atoms with Gasteiger partial charge in [-0.05, 0) is 85.1 Å². The Morgan fingerprint density at radius 3 is 1.43 bits per heavy atom. The molecule has 0 aliphatic carbocycles. The van der Waals surface area contributed by atoms with E-state index in [0.717, 1.165) is 0 Å². The van der Waals surface area contributed by atoms with Crippen molar-refractivity contribution < 1.29 is 0 Å². The Bertz CT molecular complexity index is 2180. The Morgan fingerprint density at radius 1 is 0.447 bits per heavy atom. The van der Waals surface area contributed by atoms with E-state index in [-0.39, 0.29) is 29.7 Å². The van der Waals surface area contributed by atoms with Crippen LogP contribution in [0.2, 0.25) is 0 Å². The zero-order valence-electron chi connectivity index (χ0n) is 29.0. The molecule has 1 nitrogen and oxygen atoms in total. The topological polar surface area (TPSA) is 3.24 Å². The summed E-state index contributed by atoms with van der Waals surface area (Å²) in [7, 11) is 0. The monoisotopic (exact) mass is 645 g/mol. The predicted octanol–water partition coefficient (Wildman–Crippen LogP) is 7.64. The number of rotatable bonds is 0. The van der Waals surface area contributed by atoms with Gasteiger partial charge in [-0.15, -0.1) is 0 Å². The molecule has 9 rings (SSSR count). The van der Waals surface area contributed by atoms with Crippen molar-refractivity contribution in [1.29, 1.82) is 0 Å². The lowest BCUT2D eigenvalue weighted by Crippen LogP contribution is -2.67. The fourth-order valence-corrected chi connectivity index (χ4v) is 10.7. The van der Waals surface area contributed by atoms with Crippen LogP contribution in [-0.2, 0) is 16.2 Å². The molecule has 232 valence electrons. The molecule has 0 atom stereocenters. The normalized spacial score (nSPS) is 15.5. The van der Waals surface area contributed by atoms with E-state index in [4.69, 9.17) is 0 Å². The maximum atomic E-state index is 2.67. The van der Waals surface area contributed by atoms with Gasteiger partial charge in [-0.2, -0.15) is 0 Å². The number of hydrogen-bond donors (Lipinski definition) is 0. The van der Waals surface area contributed by atoms with Crippen LogP contribution in [0.3, 0.4) is 0 Å². The van der Waals surface area contributed by atoms with Crippen molar-refractivity contribution in [3.8, 4) is 0 Å². The summed E-state index contributed by atoms with van der Waals surface area (Å²) in [6.07, 6.45) is 0. The predicted molar refractivity (Wildman–Crippen MR) is 208 cm³/mol. The molecule has 0 radical (unpaired) electrons. The minimum Gasteiger partial charge on any atom is -0.312 e. The molecule has 0 spiro atoms. The van der Waals surface area contributed by atoms with Gasteiger partial charge in [0.15, 0.2) is 0 Å². The molecule has 4 aliphatic rings. The first-order valence-corrected chi connectivity index (χ1v) is 18.7. The third-order valence-corrected chi connectivity index (χ3v) is 13.2. The molecule has 0 N–H and O–H groups in total. The highest BCUT2D eigenvalue weighted by atomic mass is 32.2. The van der Waals surface area contributed by atoms with Gasteiger partial charge in [0, 0.05) is 36.6 Å². The molecule has 0 unspecified atom stereocenters. The quantitative estimate of drug-likeness (QED) is 0.156. The average Bonchev–Trinajstić information content (AvgIpc) is 3.01. The highest BCUT2D eigenvalue weighted by Gasteiger charge is 2.49. The summed E-state index contributed by atoms with van der Waals surface area (Å²) in [4.78, 5) is 8.28. The minimum atomic E-state index is 0.0559. The summed E-state index contributed by atoms with van der Waals surface area (Å²) < 4.78 is 0. The van der Waals surface area contributed by atoms with E-state index in [1.165, 1.54) is 86.1 Å². The molecular formula is C42H41B2NS2. The lowest BCUT2D eigenvalue weighted by atomic mass is 9.30. The largest absolute Gasteiger partial charge is 0.312 e. The number of benzene rings is 5. The minimum absolute atomic E-state index is 0.0559. The smallest absolute Gasteiger partial charge is 0.249 e. The van der Waals surface area contributed by atoms with Crippen molar-refractivity contribution >= 4 is 86.8 Å². The van der Waals surface area contributed by atoms with Gasteiger partial charge in [0.25, 0.3) is 0 Å². The third-order valence-electron chi connectivity index (χ3n) is 10.9. The number of nitrogens with zero attached hydrogens (tertiary/aromatic N) is 1. The molecule has 4 aliphatic heterocycles. The van der Waals surface area contributed by atoms with Gasteiger partial charge in [0.2, 0.25) is 13.4 Å². The molecule has 5 aromatic rings. The molecule has 0 aromatic heterocycles. The van der Waals surface area contributed by atoms with Crippen LogP contribution >= 0.6 is 23.5 Å². The molecular weight excluding hydrogens is 604 g/mol. The van der Waals surface area contributed by atoms with Crippen molar-refractivity contribution in [3.05, 3.63) is 102 Å². The van der Waals surface area contributed by atoms with Gasteiger partial charge in [0.05, 0.1) is 0 Å². The summed E-state index contributed by atoms with van der Waals surface area (Å²) >= 11 is 3.95. The molecule has 5 aromatic carbocycles. The lowest BCUT2D eigenvalue weighted by Gasteiger charge is -2.48. The highest BCUT2D eigenvalue weighted by molar-refractivity contribution is 8.01. The second kappa shape index (κ2) is 9.67. The average molecular weight is 646 g/mol. The fraction of sp³-hybridized carbons (Fsp3) is 0.286. The first-order chi connectivity index (χ1) is 22.2. The van der Waals surface area contributed by atoms with E-state index >= 15 is 0 Å². The van der Waals surface area contributed by atoms with Crippen molar-refractivity contribution in [2.24, 2.45) is 0 Å². The molecule has 0 bridgehead atoms. The second-order valence-electron chi connectivity index (χ2n) is 17.0. The van der Waals surface area contributed by atoms with Crippen LogP contribution in [0.15, 0.2) is 105 Å². The van der Waals surface area contributed by atoms with Gasteiger partial charge in [-0.25, -0.2) is 0 Å².